The topological polar surface area (TPSA) is 49.4 Å². The van der Waals surface area contributed by atoms with Crippen LogP contribution in [-0.2, 0) is 23.3 Å². The molecular formula is C19H17FN2O2. The highest BCUT2D eigenvalue weighted by Crippen LogP contribution is 2.40. The number of imide groups is 1. The zero-order valence-corrected chi connectivity index (χ0v) is 13.1. The van der Waals surface area contributed by atoms with Crippen molar-refractivity contribution in [2.75, 3.05) is 0 Å². The highest BCUT2D eigenvalue weighted by molar-refractivity contribution is 6.07. The van der Waals surface area contributed by atoms with Gasteiger partial charge in [-0.05, 0) is 36.5 Å². The smallest absolute Gasteiger partial charge is 0.319 e. The van der Waals surface area contributed by atoms with Crippen LogP contribution in [0.3, 0.4) is 0 Å². The molecule has 1 N–H and O–H groups in total. The number of carbonyl (C=O) groups excluding carboxylic acids is 2. The average molecular weight is 324 g/mol. The van der Waals surface area contributed by atoms with Crippen molar-refractivity contribution < 1.29 is 14.0 Å². The van der Waals surface area contributed by atoms with Crippen LogP contribution >= 0.6 is 0 Å². The highest BCUT2D eigenvalue weighted by atomic mass is 19.1. The number of amides is 3. The molecule has 1 fully saturated rings. The summed E-state index contributed by atoms with van der Waals surface area (Å²) >= 11 is 0. The van der Waals surface area contributed by atoms with E-state index >= 15 is 0 Å². The molecule has 0 aromatic heterocycles. The minimum absolute atomic E-state index is 0.0543. The van der Waals surface area contributed by atoms with Gasteiger partial charge in [-0.2, -0.15) is 0 Å². The van der Waals surface area contributed by atoms with Crippen LogP contribution < -0.4 is 5.32 Å². The van der Waals surface area contributed by atoms with E-state index in [0.717, 1.165) is 28.9 Å². The molecule has 2 aromatic carbocycles. The van der Waals surface area contributed by atoms with Crippen LogP contribution in [0, 0.1) is 5.82 Å². The Hall–Kier alpha value is -2.69. The Morgan fingerprint density at radius 2 is 1.83 bits per heavy atom. The molecule has 0 bridgehead atoms. The van der Waals surface area contributed by atoms with E-state index in [-0.39, 0.29) is 12.5 Å². The Balaban J connectivity index is 1.71. The molecule has 122 valence electrons. The van der Waals surface area contributed by atoms with Crippen molar-refractivity contribution in [1.82, 2.24) is 10.2 Å². The number of nitrogens with zero attached hydrogens (tertiary/aromatic N) is 1. The van der Waals surface area contributed by atoms with Crippen LogP contribution in [0.2, 0.25) is 0 Å². The number of aryl methyl sites for hydroxylation is 1. The lowest BCUT2D eigenvalue weighted by Gasteiger charge is -2.33. The molecule has 1 heterocycles. The third kappa shape index (κ3) is 2.12. The first-order valence-electron chi connectivity index (χ1n) is 8.08. The van der Waals surface area contributed by atoms with E-state index in [1.54, 1.807) is 18.2 Å². The van der Waals surface area contributed by atoms with Gasteiger partial charge in [0, 0.05) is 5.56 Å². The van der Waals surface area contributed by atoms with Gasteiger partial charge in [-0.3, -0.25) is 9.69 Å². The predicted octanol–water partition coefficient (Wildman–Crippen LogP) is 3.11. The summed E-state index contributed by atoms with van der Waals surface area (Å²) in [5.74, 6) is -0.703. The van der Waals surface area contributed by atoms with E-state index in [0.29, 0.717) is 12.0 Å². The van der Waals surface area contributed by atoms with Crippen molar-refractivity contribution in [3.05, 3.63) is 71.0 Å². The van der Waals surface area contributed by atoms with E-state index in [9.17, 15) is 14.0 Å². The number of nitrogens with one attached hydrogen (secondary N) is 1. The second-order valence-corrected chi connectivity index (χ2v) is 6.33. The van der Waals surface area contributed by atoms with Gasteiger partial charge in [-0.15, -0.1) is 0 Å². The molecule has 0 radical (unpaired) electrons. The van der Waals surface area contributed by atoms with Crippen LogP contribution in [0.5, 0.6) is 0 Å². The first kappa shape index (κ1) is 14.9. The van der Waals surface area contributed by atoms with Crippen molar-refractivity contribution in [2.45, 2.75) is 31.3 Å². The van der Waals surface area contributed by atoms with E-state index in [4.69, 9.17) is 0 Å². The SMILES string of the molecule is O=C1N[C@@]2(CCCc3ccccc32)C(=O)N1Cc1ccccc1F. The molecular weight excluding hydrogens is 307 g/mol. The minimum Gasteiger partial charge on any atom is -0.319 e. The molecule has 1 spiro atoms. The molecule has 0 unspecified atom stereocenters. The number of hydrogen-bond acceptors (Lipinski definition) is 2. The largest absolute Gasteiger partial charge is 0.325 e. The van der Waals surface area contributed by atoms with Crippen LogP contribution in [0.15, 0.2) is 48.5 Å². The minimum atomic E-state index is -1.00. The number of halogens is 1. The fraction of sp³-hybridized carbons (Fsp3) is 0.263. The maximum Gasteiger partial charge on any atom is 0.325 e. The maximum absolute atomic E-state index is 13.9. The molecule has 0 saturated carbocycles. The standard InChI is InChI=1S/C19H17FN2O2/c20-16-10-4-2-7-14(16)12-22-17(23)19(21-18(22)24)11-5-8-13-6-1-3-9-15(13)19/h1-4,6-7,9-10H,5,8,11-12H2,(H,21,24)/t19-/m1/s1. The van der Waals surface area contributed by atoms with Crippen molar-refractivity contribution in [1.29, 1.82) is 0 Å². The monoisotopic (exact) mass is 324 g/mol. The Morgan fingerprint density at radius 3 is 2.67 bits per heavy atom. The summed E-state index contributed by atoms with van der Waals surface area (Å²) in [5.41, 5.74) is 1.29. The molecule has 4 rings (SSSR count). The van der Waals surface area contributed by atoms with Gasteiger partial charge < -0.3 is 5.32 Å². The van der Waals surface area contributed by atoms with Gasteiger partial charge in [0.1, 0.15) is 11.4 Å². The Kier molecular flexibility index (Phi) is 3.37. The molecule has 24 heavy (non-hydrogen) atoms. The fourth-order valence-electron chi connectivity index (χ4n) is 3.75. The average Bonchev–Trinajstić information content (AvgIpc) is 2.82. The third-order valence-corrected chi connectivity index (χ3v) is 4.94. The summed E-state index contributed by atoms with van der Waals surface area (Å²) in [6.07, 6.45) is 2.30. The van der Waals surface area contributed by atoms with E-state index in [1.165, 1.54) is 6.07 Å². The predicted molar refractivity (Wildman–Crippen MR) is 86.5 cm³/mol. The van der Waals surface area contributed by atoms with Crippen LogP contribution in [0.4, 0.5) is 9.18 Å². The van der Waals surface area contributed by atoms with Crippen LogP contribution in [0.25, 0.3) is 0 Å². The summed E-state index contributed by atoms with van der Waals surface area (Å²) in [5, 5.41) is 2.88. The van der Waals surface area contributed by atoms with Gasteiger partial charge in [0.2, 0.25) is 0 Å². The molecule has 2 aromatic rings. The van der Waals surface area contributed by atoms with Gasteiger partial charge in [-0.25, -0.2) is 9.18 Å². The first-order chi connectivity index (χ1) is 11.6. The van der Waals surface area contributed by atoms with Gasteiger partial charge >= 0.3 is 6.03 Å². The van der Waals surface area contributed by atoms with E-state index in [1.807, 2.05) is 24.3 Å². The number of carbonyl (C=O) groups is 2. The van der Waals surface area contributed by atoms with Crippen LogP contribution in [0.1, 0.15) is 29.5 Å². The van der Waals surface area contributed by atoms with Gasteiger partial charge in [-0.1, -0.05) is 42.5 Å². The van der Waals surface area contributed by atoms with E-state index in [2.05, 4.69) is 5.32 Å². The summed E-state index contributed by atoms with van der Waals surface area (Å²) < 4.78 is 13.9. The lowest BCUT2D eigenvalue weighted by molar-refractivity contribution is -0.132. The molecule has 1 atom stereocenters. The number of urea groups is 1. The molecule has 3 amide bonds. The second kappa shape index (κ2) is 5.44. The zero-order chi connectivity index (χ0) is 16.7. The Bertz CT molecular complexity index is 836. The van der Waals surface area contributed by atoms with Crippen molar-refractivity contribution in [2.24, 2.45) is 0 Å². The number of benzene rings is 2. The first-order valence-corrected chi connectivity index (χ1v) is 8.08. The normalized spacial score (nSPS) is 22.6. The molecule has 1 aliphatic heterocycles. The van der Waals surface area contributed by atoms with E-state index < -0.39 is 17.4 Å². The Labute approximate surface area is 139 Å². The fourth-order valence-corrected chi connectivity index (χ4v) is 3.75. The van der Waals surface area contributed by atoms with Gasteiger partial charge in [0.05, 0.1) is 6.54 Å². The zero-order valence-electron chi connectivity index (χ0n) is 13.1. The number of rotatable bonds is 2. The third-order valence-electron chi connectivity index (χ3n) is 4.94. The molecule has 2 aliphatic rings. The lowest BCUT2D eigenvalue weighted by Crippen LogP contribution is -2.46. The highest BCUT2D eigenvalue weighted by Gasteiger charge is 2.53. The lowest BCUT2D eigenvalue weighted by atomic mass is 9.76. The van der Waals surface area contributed by atoms with Gasteiger partial charge in [0.15, 0.2) is 0 Å². The summed E-state index contributed by atoms with van der Waals surface area (Å²) in [6, 6.07) is 13.5. The molecule has 4 nitrogen and oxygen atoms in total. The second-order valence-electron chi connectivity index (χ2n) is 6.33. The maximum atomic E-state index is 13.9. The summed E-state index contributed by atoms with van der Waals surface area (Å²) in [7, 11) is 0. The van der Waals surface area contributed by atoms with Gasteiger partial charge in [0.25, 0.3) is 5.91 Å². The van der Waals surface area contributed by atoms with Crippen molar-refractivity contribution >= 4 is 11.9 Å². The molecule has 1 aliphatic carbocycles. The molecule has 1 saturated heterocycles. The quantitative estimate of drug-likeness (QED) is 0.863. The van der Waals surface area contributed by atoms with Crippen LogP contribution in [-0.4, -0.2) is 16.8 Å². The number of hydrogen-bond donors (Lipinski definition) is 1. The molecule has 5 heteroatoms. The van der Waals surface area contributed by atoms with Crippen molar-refractivity contribution in [3.8, 4) is 0 Å². The summed E-state index contributed by atoms with van der Waals surface area (Å²) in [4.78, 5) is 26.7. The summed E-state index contributed by atoms with van der Waals surface area (Å²) in [6.45, 7) is -0.0543. The van der Waals surface area contributed by atoms with Crippen molar-refractivity contribution in [3.63, 3.8) is 0 Å². The number of fused-ring (bicyclic) bond motifs is 2. The Morgan fingerprint density at radius 1 is 1.08 bits per heavy atom.